The Labute approximate surface area is 73.3 Å². The lowest BCUT2D eigenvalue weighted by atomic mass is 10.2. The van der Waals surface area contributed by atoms with Crippen LogP contribution in [0, 0.1) is 0 Å². The molecule has 0 spiro atoms. The summed E-state index contributed by atoms with van der Waals surface area (Å²) in [5.41, 5.74) is 1.14. The molecular formula is C8H5ClN2O. The quantitative estimate of drug-likeness (QED) is 0.683. The minimum absolute atomic E-state index is 0.426. The van der Waals surface area contributed by atoms with Crippen LogP contribution < -0.4 is 0 Å². The Morgan fingerprint density at radius 3 is 3.08 bits per heavy atom. The van der Waals surface area contributed by atoms with Crippen LogP contribution in [0.1, 0.15) is 10.5 Å². The summed E-state index contributed by atoms with van der Waals surface area (Å²) in [4.78, 5) is 10.5. The molecule has 2 aromatic rings. The van der Waals surface area contributed by atoms with Gasteiger partial charge in [-0.05, 0) is 12.1 Å². The number of halogens is 1. The second kappa shape index (κ2) is 2.60. The Morgan fingerprint density at radius 1 is 1.50 bits per heavy atom. The van der Waals surface area contributed by atoms with E-state index in [1.54, 1.807) is 18.2 Å². The molecule has 1 aromatic heterocycles. The van der Waals surface area contributed by atoms with Crippen LogP contribution in [0.4, 0.5) is 0 Å². The summed E-state index contributed by atoms with van der Waals surface area (Å²) in [7, 11) is 0. The number of hydrogen-bond acceptors (Lipinski definition) is 2. The minimum Gasteiger partial charge on any atom is -0.296 e. The summed E-state index contributed by atoms with van der Waals surface area (Å²) in [5.74, 6) is 0. The summed E-state index contributed by atoms with van der Waals surface area (Å²) < 4.78 is 0. The smallest absolute Gasteiger partial charge is 0.168 e. The molecule has 0 saturated heterocycles. The first kappa shape index (κ1) is 7.31. The fourth-order valence-corrected chi connectivity index (χ4v) is 1.41. The van der Waals surface area contributed by atoms with Gasteiger partial charge in [0, 0.05) is 5.39 Å². The van der Waals surface area contributed by atoms with Gasteiger partial charge >= 0.3 is 0 Å². The van der Waals surface area contributed by atoms with Gasteiger partial charge in [-0.2, -0.15) is 5.10 Å². The lowest BCUT2D eigenvalue weighted by molar-refractivity contribution is 0.112. The normalized spacial score (nSPS) is 10.4. The molecule has 0 bridgehead atoms. The summed E-state index contributed by atoms with van der Waals surface area (Å²) >= 11 is 5.86. The molecule has 0 amide bonds. The van der Waals surface area contributed by atoms with Crippen LogP contribution in [0.3, 0.4) is 0 Å². The standard InChI is InChI=1S/C8H5ClN2O/c9-5-2-1-3-6-8(5)7(4-12)11-10-6/h1-4H,(H,10,11). The van der Waals surface area contributed by atoms with E-state index in [9.17, 15) is 4.79 Å². The number of nitrogens with zero attached hydrogens (tertiary/aromatic N) is 1. The molecule has 0 aliphatic carbocycles. The Kier molecular flexibility index (Phi) is 1.59. The van der Waals surface area contributed by atoms with Crippen LogP contribution in [0.25, 0.3) is 10.9 Å². The van der Waals surface area contributed by atoms with Crippen LogP contribution in [0.5, 0.6) is 0 Å². The maximum atomic E-state index is 10.5. The topological polar surface area (TPSA) is 45.8 Å². The number of rotatable bonds is 1. The molecule has 1 N–H and O–H groups in total. The number of benzene rings is 1. The van der Waals surface area contributed by atoms with Crippen LogP contribution in [0.2, 0.25) is 5.02 Å². The monoisotopic (exact) mass is 180 g/mol. The lowest BCUT2D eigenvalue weighted by Crippen LogP contribution is -1.79. The van der Waals surface area contributed by atoms with Crippen molar-refractivity contribution in [1.82, 2.24) is 10.2 Å². The number of aromatic nitrogens is 2. The number of aldehydes is 1. The van der Waals surface area contributed by atoms with Crippen molar-refractivity contribution in [2.45, 2.75) is 0 Å². The zero-order chi connectivity index (χ0) is 8.55. The number of hydrogen-bond donors (Lipinski definition) is 1. The van der Waals surface area contributed by atoms with E-state index in [0.29, 0.717) is 27.9 Å². The Balaban J connectivity index is 2.91. The largest absolute Gasteiger partial charge is 0.296 e. The highest BCUT2D eigenvalue weighted by atomic mass is 35.5. The van der Waals surface area contributed by atoms with Crippen molar-refractivity contribution in [3.05, 3.63) is 28.9 Å². The van der Waals surface area contributed by atoms with Gasteiger partial charge in [0.1, 0.15) is 5.69 Å². The zero-order valence-electron chi connectivity index (χ0n) is 6.04. The van der Waals surface area contributed by atoms with E-state index in [0.717, 1.165) is 0 Å². The van der Waals surface area contributed by atoms with Gasteiger partial charge in [-0.1, -0.05) is 17.7 Å². The molecule has 0 aliphatic heterocycles. The van der Waals surface area contributed by atoms with E-state index in [1.165, 1.54) is 0 Å². The van der Waals surface area contributed by atoms with Crippen molar-refractivity contribution in [1.29, 1.82) is 0 Å². The molecule has 2 rings (SSSR count). The predicted molar refractivity (Wildman–Crippen MR) is 46.5 cm³/mol. The van der Waals surface area contributed by atoms with Crippen molar-refractivity contribution in [2.75, 3.05) is 0 Å². The molecule has 0 saturated carbocycles. The van der Waals surface area contributed by atoms with E-state index < -0.39 is 0 Å². The lowest BCUT2D eigenvalue weighted by Gasteiger charge is -1.90. The second-order valence-corrected chi connectivity index (χ2v) is 2.80. The molecular weight excluding hydrogens is 176 g/mol. The molecule has 0 atom stereocenters. The molecule has 1 heterocycles. The molecule has 0 fully saturated rings. The van der Waals surface area contributed by atoms with Crippen LogP contribution in [0.15, 0.2) is 18.2 Å². The summed E-state index contributed by atoms with van der Waals surface area (Å²) in [5, 5.41) is 7.75. The first-order valence-electron chi connectivity index (χ1n) is 3.40. The van der Waals surface area contributed by atoms with Crippen LogP contribution in [-0.2, 0) is 0 Å². The molecule has 3 nitrogen and oxygen atoms in total. The number of nitrogens with one attached hydrogen (secondary N) is 1. The van der Waals surface area contributed by atoms with Gasteiger partial charge in [0.15, 0.2) is 6.29 Å². The van der Waals surface area contributed by atoms with Gasteiger partial charge in [-0.3, -0.25) is 9.89 Å². The van der Waals surface area contributed by atoms with Crippen LogP contribution >= 0.6 is 11.6 Å². The Bertz CT molecular complexity index is 436. The van der Waals surface area contributed by atoms with Crippen molar-refractivity contribution < 1.29 is 4.79 Å². The highest BCUT2D eigenvalue weighted by Crippen LogP contribution is 2.23. The third-order valence-electron chi connectivity index (χ3n) is 1.68. The highest BCUT2D eigenvalue weighted by molar-refractivity contribution is 6.36. The maximum Gasteiger partial charge on any atom is 0.168 e. The van der Waals surface area contributed by atoms with Gasteiger partial charge < -0.3 is 0 Å². The SMILES string of the molecule is O=Cc1[nH]nc2cccc(Cl)c12. The maximum absolute atomic E-state index is 10.5. The average Bonchev–Trinajstić information content (AvgIpc) is 2.49. The van der Waals surface area contributed by atoms with Crippen molar-refractivity contribution in [3.63, 3.8) is 0 Å². The van der Waals surface area contributed by atoms with Crippen LogP contribution in [-0.4, -0.2) is 16.5 Å². The zero-order valence-corrected chi connectivity index (χ0v) is 6.80. The molecule has 0 aliphatic rings. The third-order valence-corrected chi connectivity index (χ3v) is 1.99. The first-order chi connectivity index (χ1) is 5.83. The van der Waals surface area contributed by atoms with Gasteiger partial charge in [0.2, 0.25) is 0 Å². The summed E-state index contributed by atoms with van der Waals surface area (Å²) in [6.07, 6.45) is 0.710. The predicted octanol–water partition coefficient (Wildman–Crippen LogP) is 2.03. The summed E-state index contributed by atoms with van der Waals surface area (Å²) in [6, 6.07) is 5.32. The third kappa shape index (κ3) is 0.905. The number of carbonyl (C=O) groups is 1. The van der Waals surface area contributed by atoms with Gasteiger partial charge in [0.25, 0.3) is 0 Å². The number of H-pyrrole nitrogens is 1. The molecule has 60 valence electrons. The number of fused-ring (bicyclic) bond motifs is 1. The minimum atomic E-state index is 0.426. The van der Waals surface area contributed by atoms with Gasteiger partial charge in [-0.25, -0.2) is 0 Å². The van der Waals surface area contributed by atoms with Gasteiger partial charge in [-0.15, -0.1) is 0 Å². The highest BCUT2D eigenvalue weighted by Gasteiger charge is 2.06. The van der Waals surface area contributed by atoms with Crippen molar-refractivity contribution >= 4 is 28.8 Å². The molecule has 4 heteroatoms. The van der Waals surface area contributed by atoms with E-state index in [1.807, 2.05) is 0 Å². The van der Waals surface area contributed by atoms with E-state index in [4.69, 9.17) is 11.6 Å². The Hall–Kier alpha value is -1.35. The van der Waals surface area contributed by atoms with Gasteiger partial charge in [0.05, 0.1) is 10.5 Å². The molecule has 0 unspecified atom stereocenters. The molecule has 12 heavy (non-hydrogen) atoms. The molecule has 0 radical (unpaired) electrons. The average molecular weight is 181 g/mol. The second-order valence-electron chi connectivity index (χ2n) is 2.39. The van der Waals surface area contributed by atoms with Crippen molar-refractivity contribution in [2.24, 2.45) is 0 Å². The van der Waals surface area contributed by atoms with E-state index >= 15 is 0 Å². The van der Waals surface area contributed by atoms with Crippen molar-refractivity contribution in [3.8, 4) is 0 Å². The fraction of sp³-hybridized carbons (Fsp3) is 0. The Morgan fingerprint density at radius 2 is 2.33 bits per heavy atom. The summed E-state index contributed by atoms with van der Waals surface area (Å²) in [6.45, 7) is 0. The van der Waals surface area contributed by atoms with E-state index in [2.05, 4.69) is 10.2 Å². The van der Waals surface area contributed by atoms with E-state index in [-0.39, 0.29) is 0 Å². The number of carbonyl (C=O) groups excluding carboxylic acids is 1. The fourth-order valence-electron chi connectivity index (χ4n) is 1.13. The molecule has 1 aromatic carbocycles. The number of aromatic amines is 1. The first-order valence-corrected chi connectivity index (χ1v) is 3.78.